The molecule has 0 saturated heterocycles. The van der Waals surface area contributed by atoms with E-state index in [4.69, 9.17) is 17.4 Å². The van der Waals surface area contributed by atoms with Crippen molar-refractivity contribution in [1.82, 2.24) is 15.2 Å². The van der Waals surface area contributed by atoms with Crippen LogP contribution in [0.1, 0.15) is 24.2 Å². The summed E-state index contributed by atoms with van der Waals surface area (Å²) in [7, 11) is 0. The third kappa shape index (κ3) is 2.87. The summed E-state index contributed by atoms with van der Waals surface area (Å²) in [4.78, 5) is 0. The molecule has 0 aliphatic heterocycles. The minimum Gasteiger partial charge on any atom is -0.271 e. The van der Waals surface area contributed by atoms with Crippen LogP contribution in [0.25, 0.3) is 0 Å². The molecule has 19 heavy (non-hydrogen) atoms. The van der Waals surface area contributed by atoms with Gasteiger partial charge in [-0.25, -0.2) is 5.43 Å². The van der Waals surface area contributed by atoms with Crippen molar-refractivity contribution >= 4 is 43.5 Å². The van der Waals surface area contributed by atoms with Gasteiger partial charge in [0.05, 0.1) is 27.4 Å². The van der Waals surface area contributed by atoms with Gasteiger partial charge in [0.15, 0.2) is 0 Å². The first-order valence-corrected chi connectivity index (χ1v) is 7.67. The highest BCUT2D eigenvalue weighted by Crippen LogP contribution is 2.35. The Morgan fingerprint density at radius 3 is 2.79 bits per heavy atom. The van der Waals surface area contributed by atoms with E-state index in [0.717, 1.165) is 26.7 Å². The second-order valence-corrected chi connectivity index (χ2v) is 6.02. The van der Waals surface area contributed by atoms with Gasteiger partial charge in [-0.05, 0) is 50.4 Å². The highest BCUT2D eigenvalue weighted by atomic mass is 79.9. The van der Waals surface area contributed by atoms with Crippen LogP contribution in [0.3, 0.4) is 0 Å². The van der Waals surface area contributed by atoms with Crippen molar-refractivity contribution in [2.45, 2.75) is 19.5 Å². The van der Waals surface area contributed by atoms with Crippen LogP contribution in [0.5, 0.6) is 0 Å². The van der Waals surface area contributed by atoms with E-state index in [1.165, 1.54) is 0 Å². The number of nitrogens with two attached hydrogens (primary N) is 1. The molecule has 0 spiro atoms. The fourth-order valence-electron chi connectivity index (χ4n) is 1.97. The highest BCUT2D eigenvalue weighted by Gasteiger charge is 2.23. The van der Waals surface area contributed by atoms with Gasteiger partial charge in [-0.2, -0.15) is 5.10 Å². The Morgan fingerprint density at radius 2 is 2.16 bits per heavy atom. The Labute approximate surface area is 133 Å². The van der Waals surface area contributed by atoms with Crippen LogP contribution in [-0.4, -0.2) is 9.78 Å². The first-order chi connectivity index (χ1) is 9.10. The van der Waals surface area contributed by atoms with E-state index in [-0.39, 0.29) is 6.04 Å². The van der Waals surface area contributed by atoms with Gasteiger partial charge in [-0.3, -0.25) is 10.5 Å². The maximum Gasteiger partial charge on any atom is 0.0904 e. The summed E-state index contributed by atoms with van der Waals surface area (Å²) in [5, 5.41) is 4.94. The molecule has 0 radical (unpaired) electrons. The molecular formula is C12H13Br2ClN4. The molecule has 1 unspecified atom stereocenters. The second kappa shape index (κ2) is 6.37. The van der Waals surface area contributed by atoms with Crippen molar-refractivity contribution < 1.29 is 0 Å². The van der Waals surface area contributed by atoms with Crippen LogP contribution in [0.15, 0.2) is 33.3 Å². The molecule has 4 nitrogen and oxygen atoms in total. The molecule has 1 atom stereocenters. The maximum absolute atomic E-state index is 6.34. The summed E-state index contributed by atoms with van der Waals surface area (Å²) < 4.78 is 3.62. The molecule has 0 amide bonds. The van der Waals surface area contributed by atoms with E-state index >= 15 is 0 Å². The summed E-state index contributed by atoms with van der Waals surface area (Å²) in [6, 6.07) is 5.53. The topological polar surface area (TPSA) is 55.9 Å². The van der Waals surface area contributed by atoms with Crippen LogP contribution in [0, 0.1) is 0 Å². The monoisotopic (exact) mass is 406 g/mol. The number of rotatable bonds is 4. The largest absolute Gasteiger partial charge is 0.271 e. The zero-order valence-electron chi connectivity index (χ0n) is 10.2. The van der Waals surface area contributed by atoms with E-state index < -0.39 is 0 Å². The van der Waals surface area contributed by atoms with Crippen molar-refractivity contribution in [1.29, 1.82) is 0 Å². The molecule has 1 aromatic carbocycles. The molecule has 2 rings (SSSR count). The van der Waals surface area contributed by atoms with Crippen LogP contribution >= 0.6 is 43.5 Å². The molecule has 1 heterocycles. The quantitative estimate of drug-likeness (QED) is 0.600. The van der Waals surface area contributed by atoms with E-state index in [0.29, 0.717) is 5.02 Å². The van der Waals surface area contributed by atoms with Gasteiger partial charge in [0.2, 0.25) is 0 Å². The van der Waals surface area contributed by atoms with Crippen LogP contribution < -0.4 is 11.3 Å². The number of aromatic nitrogens is 2. The van der Waals surface area contributed by atoms with Crippen molar-refractivity contribution in [3.63, 3.8) is 0 Å². The third-order valence-corrected chi connectivity index (χ3v) is 4.79. The predicted molar refractivity (Wildman–Crippen MR) is 83.9 cm³/mol. The number of halogens is 3. The Balaban J connectivity index is 2.56. The van der Waals surface area contributed by atoms with Gasteiger partial charge in [0.25, 0.3) is 0 Å². The normalized spacial score (nSPS) is 12.7. The Morgan fingerprint density at radius 1 is 1.42 bits per heavy atom. The minimum absolute atomic E-state index is 0.234. The van der Waals surface area contributed by atoms with Gasteiger partial charge in [0.1, 0.15) is 0 Å². The highest BCUT2D eigenvalue weighted by molar-refractivity contribution is 9.10. The van der Waals surface area contributed by atoms with Gasteiger partial charge in [0, 0.05) is 11.0 Å². The lowest BCUT2D eigenvalue weighted by Crippen LogP contribution is -2.31. The van der Waals surface area contributed by atoms with Gasteiger partial charge >= 0.3 is 0 Å². The smallest absolute Gasteiger partial charge is 0.0904 e. The van der Waals surface area contributed by atoms with E-state index in [2.05, 4.69) is 42.4 Å². The summed E-state index contributed by atoms with van der Waals surface area (Å²) in [6.07, 6.45) is 1.76. The molecule has 0 aliphatic rings. The fraction of sp³-hybridized carbons (Fsp3) is 0.250. The molecule has 102 valence electrons. The van der Waals surface area contributed by atoms with Crippen molar-refractivity contribution in [3.05, 3.63) is 49.6 Å². The Bertz CT molecular complexity index is 585. The SMILES string of the molecule is CCn1ncc(Br)c1C(NN)c1cccc(Br)c1Cl. The molecule has 3 N–H and O–H groups in total. The maximum atomic E-state index is 6.34. The lowest BCUT2D eigenvalue weighted by molar-refractivity contribution is 0.542. The first kappa shape index (κ1) is 15.0. The summed E-state index contributed by atoms with van der Waals surface area (Å²) >= 11 is 13.3. The first-order valence-electron chi connectivity index (χ1n) is 5.71. The lowest BCUT2D eigenvalue weighted by Gasteiger charge is -2.20. The Hall–Kier alpha value is -0.400. The fourth-order valence-corrected chi connectivity index (χ4v) is 3.11. The molecule has 2 aromatic rings. The number of aryl methyl sites for hydroxylation is 1. The lowest BCUT2D eigenvalue weighted by atomic mass is 10.0. The predicted octanol–water partition coefficient (Wildman–Crippen LogP) is 3.63. The molecular weight excluding hydrogens is 395 g/mol. The molecule has 0 saturated carbocycles. The van der Waals surface area contributed by atoms with Crippen molar-refractivity contribution in [3.8, 4) is 0 Å². The van der Waals surface area contributed by atoms with Crippen LogP contribution in [0.4, 0.5) is 0 Å². The number of benzene rings is 1. The number of hydrazine groups is 1. The molecule has 7 heteroatoms. The zero-order valence-corrected chi connectivity index (χ0v) is 14.1. The number of hydrogen-bond donors (Lipinski definition) is 2. The standard InChI is InChI=1S/C12H13Br2ClN4/c1-2-19-12(9(14)6-17-19)11(18-16)7-4-3-5-8(13)10(7)15/h3-6,11,18H,2,16H2,1H3. The minimum atomic E-state index is -0.234. The van der Waals surface area contributed by atoms with Crippen LogP contribution in [0.2, 0.25) is 5.02 Å². The zero-order chi connectivity index (χ0) is 14.0. The van der Waals surface area contributed by atoms with Crippen LogP contribution in [-0.2, 0) is 6.54 Å². The molecule has 0 bridgehead atoms. The summed E-state index contributed by atoms with van der Waals surface area (Å²) in [5.74, 6) is 5.72. The average Bonchev–Trinajstić information content (AvgIpc) is 2.77. The van der Waals surface area contributed by atoms with E-state index in [9.17, 15) is 0 Å². The second-order valence-electron chi connectivity index (χ2n) is 3.94. The third-order valence-electron chi connectivity index (χ3n) is 2.87. The summed E-state index contributed by atoms with van der Waals surface area (Å²) in [5.41, 5.74) is 4.65. The number of hydrogen-bond acceptors (Lipinski definition) is 3. The van der Waals surface area contributed by atoms with Crippen molar-refractivity contribution in [2.24, 2.45) is 5.84 Å². The van der Waals surface area contributed by atoms with Gasteiger partial charge < -0.3 is 0 Å². The van der Waals surface area contributed by atoms with Crippen molar-refractivity contribution in [2.75, 3.05) is 0 Å². The molecule has 1 aromatic heterocycles. The molecule has 0 aliphatic carbocycles. The van der Waals surface area contributed by atoms with Gasteiger partial charge in [-0.15, -0.1) is 0 Å². The molecule has 0 fully saturated rings. The number of nitrogens with zero attached hydrogens (tertiary/aromatic N) is 2. The van der Waals surface area contributed by atoms with Gasteiger partial charge in [-0.1, -0.05) is 23.7 Å². The summed E-state index contributed by atoms with van der Waals surface area (Å²) in [6.45, 7) is 2.78. The van der Waals surface area contributed by atoms with E-state index in [1.54, 1.807) is 6.20 Å². The number of nitrogens with one attached hydrogen (secondary N) is 1. The van der Waals surface area contributed by atoms with E-state index in [1.807, 2.05) is 29.8 Å². The Kier molecular flexibility index (Phi) is 5.03. The average molecular weight is 409 g/mol.